The van der Waals surface area contributed by atoms with Gasteiger partial charge in [-0.25, -0.2) is 0 Å². The summed E-state index contributed by atoms with van der Waals surface area (Å²) >= 11 is 0. The molecule has 0 aliphatic carbocycles. The fourth-order valence-corrected chi connectivity index (χ4v) is 3.63. The van der Waals surface area contributed by atoms with Gasteiger partial charge >= 0.3 is 0 Å². The quantitative estimate of drug-likeness (QED) is 0.515. The van der Waals surface area contributed by atoms with E-state index in [2.05, 4.69) is 48.1 Å². The molecule has 0 unspecified atom stereocenters. The van der Waals surface area contributed by atoms with Gasteiger partial charge in [0.15, 0.2) is 5.82 Å². The predicted octanol–water partition coefficient (Wildman–Crippen LogP) is 1.70. The van der Waals surface area contributed by atoms with Crippen LogP contribution in [0.25, 0.3) is 11.4 Å². The molecule has 31 heavy (non-hydrogen) atoms. The molecule has 3 N–H and O–H groups in total. The highest BCUT2D eigenvalue weighted by molar-refractivity contribution is 5.67. The van der Waals surface area contributed by atoms with Crippen molar-refractivity contribution in [2.24, 2.45) is 5.73 Å². The van der Waals surface area contributed by atoms with E-state index in [9.17, 15) is 0 Å². The Balaban J connectivity index is 1.73. The van der Waals surface area contributed by atoms with E-state index in [1.807, 2.05) is 0 Å². The minimum absolute atomic E-state index is 0.522. The second-order valence-electron chi connectivity index (χ2n) is 7.60. The lowest BCUT2D eigenvalue weighted by molar-refractivity contribution is 0.0547. The van der Waals surface area contributed by atoms with Crippen molar-refractivity contribution in [3.05, 3.63) is 28.8 Å². The number of hydrogen-bond donors (Lipinski definition) is 2. The van der Waals surface area contributed by atoms with E-state index in [-0.39, 0.29) is 0 Å². The number of aromatic nitrogens is 3. The van der Waals surface area contributed by atoms with Crippen molar-refractivity contribution >= 4 is 11.9 Å². The fourth-order valence-electron chi connectivity index (χ4n) is 3.63. The number of morpholine rings is 1. The Kier molecular flexibility index (Phi) is 8.96. The highest BCUT2D eigenvalue weighted by atomic mass is 16.5. The first kappa shape index (κ1) is 23.3. The fraction of sp³-hybridized carbons (Fsp3) is 0.591. The summed E-state index contributed by atoms with van der Waals surface area (Å²) < 4.78 is 16.4. The molecule has 3 rings (SSSR count). The van der Waals surface area contributed by atoms with Crippen LogP contribution in [0.5, 0.6) is 0 Å². The van der Waals surface area contributed by atoms with Crippen molar-refractivity contribution in [3.8, 4) is 11.4 Å². The molecule has 0 atom stereocenters. The van der Waals surface area contributed by atoms with Crippen molar-refractivity contribution < 1.29 is 14.2 Å². The van der Waals surface area contributed by atoms with Crippen molar-refractivity contribution in [2.45, 2.75) is 20.8 Å². The summed E-state index contributed by atoms with van der Waals surface area (Å²) in [5, 5.41) is 3.28. The first-order chi connectivity index (χ1) is 15.1. The van der Waals surface area contributed by atoms with Gasteiger partial charge in [0.25, 0.3) is 0 Å². The van der Waals surface area contributed by atoms with Gasteiger partial charge < -0.3 is 30.2 Å². The largest absolute Gasteiger partial charge is 0.378 e. The van der Waals surface area contributed by atoms with E-state index in [4.69, 9.17) is 29.9 Å². The summed E-state index contributed by atoms with van der Waals surface area (Å²) in [5.74, 6) is 1.91. The monoisotopic (exact) mass is 430 g/mol. The van der Waals surface area contributed by atoms with Gasteiger partial charge in [0.2, 0.25) is 11.9 Å². The van der Waals surface area contributed by atoms with E-state index < -0.39 is 0 Å². The lowest BCUT2D eigenvalue weighted by Crippen LogP contribution is -2.37. The average molecular weight is 431 g/mol. The number of rotatable bonds is 11. The van der Waals surface area contributed by atoms with Crippen LogP contribution in [0.1, 0.15) is 16.7 Å². The van der Waals surface area contributed by atoms with Gasteiger partial charge in [0, 0.05) is 31.7 Å². The Morgan fingerprint density at radius 1 is 0.968 bits per heavy atom. The predicted molar refractivity (Wildman–Crippen MR) is 122 cm³/mol. The van der Waals surface area contributed by atoms with Crippen molar-refractivity contribution in [1.29, 1.82) is 0 Å². The molecular formula is C22H34N6O3. The Hall–Kier alpha value is -2.33. The maximum Gasteiger partial charge on any atom is 0.230 e. The first-order valence-corrected chi connectivity index (χ1v) is 10.8. The smallest absolute Gasteiger partial charge is 0.230 e. The average Bonchev–Trinajstić information content (AvgIpc) is 2.75. The normalized spacial score (nSPS) is 14.1. The number of nitrogens with two attached hydrogens (primary N) is 1. The molecule has 0 saturated carbocycles. The number of anilines is 2. The molecule has 0 amide bonds. The van der Waals surface area contributed by atoms with Crippen LogP contribution in [0.4, 0.5) is 11.9 Å². The molecule has 9 nitrogen and oxygen atoms in total. The molecule has 2 aromatic rings. The number of nitrogens with zero attached hydrogens (tertiary/aromatic N) is 4. The van der Waals surface area contributed by atoms with E-state index >= 15 is 0 Å². The van der Waals surface area contributed by atoms with E-state index in [0.717, 1.165) is 29.8 Å². The number of aryl methyl sites for hydroxylation is 3. The standard InChI is InChI=1S/C22H34N6O3/c1-16-14-17(2)19(18(3)15-16)20-25-21(24-5-9-30-13-12-29-8-4-23)27-22(26-20)28-6-10-31-11-7-28/h14-15H,4-13,23H2,1-3H3,(H,24,25,26,27). The molecule has 2 heterocycles. The minimum atomic E-state index is 0.522. The molecule has 1 fully saturated rings. The third kappa shape index (κ3) is 6.83. The third-order valence-electron chi connectivity index (χ3n) is 4.98. The lowest BCUT2D eigenvalue weighted by atomic mass is 9.99. The number of hydrogen-bond acceptors (Lipinski definition) is 9. The number of ether oxygens (including phenoxy) is 3. The highest BCUT2D eigenvalue weighted by Crippen LogP contribution is 2.27. The Morgan fingerprint density at radius 2 is 1.65 bits per heavy atom. The van der Waals surface area contributed by atoms with Gasteiger partial charge in [-0.2, -0.15) is 15.0 Å². The van der Waals surface area contributed by atoms with Crippen LogP contribution in [0.2, 0.25) is 0 Å². The van der Waals surface area contributed by atoms with Crippen LogP contribution in [-0.2, 0) is 14.2 Å². The van der Waals surface area contributed by atoms with Crippen LogP contribution < -0.4 is 16.0 Å². The molecule has 1 aliphatic heterocycles. The summed E-state index contributed by atoms with van der Waals surface area (Å²) in [6, 6.07) is 4.32. The summed E-state index contributed by atoms with van der Waals surface area (Å²) in [7, 11) is 0. The number of benzene rings is 1. The zero-order valence-corrected chi connectivity index (χ0v) is 18.8. The van der Waals surface area contributed by atoms with E-state index in [1.54, 1.807) is 0 Å². The van der Waals surface area contributed by atoms with Gasteiger partial charge in [-0.1, -0.05) is 17.7 Å². The van der Waals surface area contributed by atoms with Crippen molar-refractivity contribution in [1.82, 2.24) is 15.0 Å². The molecular weight excluding hydrogens is 396 g/mol. The minimum Gasteiger partial charge on any atom is -0.378 e. The molecule has 1 aromatic heterocycles. The van der Waals surface area contributed by atoms with Crippen LogP contribution in [0.15, 0.2) is 12.1 Å². The van der Waals surface area contributed by atoms with Gasteiger partial charge in [-0.15, -0.1) is 0 Å². The zero-order chi connectivity index (χ0) is 22.1. The summed E-state index contributed by atoms with van der Waals surface area (Å²) in [6.45, 7) is 12.4. The molecule has 9 heteroatoms. The summed E-state index contributed by atoms with van der Waals surface area (Å²) in [4.78, 5) is 16.3. The van der Waals surface area contributed by atoms with Gasteiger partial charge in [0.1, 0.15) is 0 Å². The third-order valence-corrected chi connectivity index (χ3v) is 4.98. The maximum atomic E-state index is 5.59. The molecule has 0 radical (unpaired) electrons. The number of nitrogens with one attached hydrogen (secondary N) is 1. The molecule has 170 valence electrons. The van der Waals surface area contributed by atoms with Crippen LogP contribution in [0.3, 0.4) is 0 Å². The second kappa shape index (κ2) is 11.9. The van der Waals surface area contributed by atoms with Crippen LogP contribution >= 0.6 is 0 Å². The van der Waals surface area contributed by atoms with Crippen molar-refractivity contribution in [3.63, 3.8) is 0 Å². The van der Waals surface area contributed by atoms with Gasteiger partial charge in [-0.05, 0) is 31.9 Å². The van der Waals surface area contributed by atoms with Crippen LogP contribution in [-0.4, -0.2) is 80.8 Å². The molecule has 0 bridgehead atoms. The Labute approximate surface area is 184 Å². The van der Waals surface area contributed by atoms with E-state index in [1.165, 1.54) is 5.56 Å². The Bertz CT molecular complexity index is 819. The molecule has 1 aromatic carbocycles. The second-order valence-corrected chi connectivity index (χ2v) is 7.60. The lowest BCUT2D eigenvalue weighted by Gasteiger charge is -2.27. The van der Waals surface area contributed by atoms with Crippen molar-refractivity contribution in [2.75, 3.05) is 76.0 Å². The molecule has 1 aliphatic rings. The Morgan fingerprint density at radius 3 is 2.32 bits per heavy atom. The molecule has 1 saturated heterocycles. The van der Waals surface area contributed by atoms with Gasteiger partial charge in [0.05, 0.1) is 39.6 Å². The zero-order valence-electron chi connectivity index (χ0n) is 18.8. The highest BCUT2D eigenvalue weighted by Gasteiger charge is 2.19. The van der Waals surface area contributed by atoms with E-state index in [0.29, 0.717) is 70.5 Å². The van der Waals surface area contributed by atoms with Gasteiger partial charge in [-0.3, -0.25) is 0 Å². The maximum absolute atomic E-state index is 5.59. The molecule has 0 spiro atoms. The van der Waals surface area contributed by atoms with Crippen LogP contribution in [0, 0.1) is 20.8 Å². The summed E-state index contributed by atoms with van der Waals surface area (Å²) in [5.41, 5.74) is 9.99. The topological polar surface area (TPSA) is 108 Å². The summed E-state index contributed by atoms with van der Waals surface area (Å²) in [6.07, 6.45) is 0. The first-order valence-electron chi connectivity index (χ1n) is 10.8. The SMILES string of the molecule is Cc1cc(C)c(-c2nc(NCCOCCOCCN)nc(N3CCOCC3)n2)c(C)c1.